The summed E-state index contributed by atoms with van der Waals surface area (Å²) in [5.74, 6) is 0.183. The fourth-order valence-electron chi connectivity index (χ4n) is 2.73. The quantitative estimate of drug-likeness (QED) is 0.734. The van der Waals surface area contributed by atoms with Gasteiger partial charge in [-0.3, -0.25) is 4.79 Å². The van der Waals surface area contributed by atoms with Crippen molar-refractivity contribution >= 4 is 11.6 Å². The Balaban J connectivity index is 1.98. The molecular formula is C16H24N2O2. The van der Waals surface area contributed by atoms with E-state index in [2.05, 4.69) is 5.32 Å². The molecule has 0 spiro atoms. The maximum atomic E-state index is 12.4. The summed E-state index contributed by atoms with van der Waals surface area (Å²) < 4.78 is 0. The molecule has 2 unspecified atom stereocenters. The number of amides is 1. The number of nitrogens with one attached hydrogen (secondary N) is 1. The standard InChI is InChI=1S/C16H24N2O2/c1-16(2,12-6-8-13(17)9-7-12)15(20)18-10-11-4-3-5-14(11)19/h6-9,11,14,19H,3-5,10,17H2,1-2H3,(H,18,20). The lowest BCUT2D eigenvalue weighted by Gasteiger charge is -2.26. The van der Waals surface area contributed by atoms with Crippen LogP contribution in [0.25, 0.3) is 0 Å². The maximum absolute atomic E-state index is 12.4. The second-order valence-electron chi connectivity index (χ2n) is 6.22. The van der Waals surface area contributed by atoms with Gasteiger partial charge in [0.25, 0.3) is 0 Å². The van der Waals surface area contributed by atoms with Gasteiger partial charge in [0, 0.05) is 18.2 Å². The number of anilines is 1. The number of rotatable bonds is 4. The van der Waals surface area contributed by atoms with Gasteiger partial charge in [0.2, 0.25) is 5.91 Å². The Hall–Kier alpha value is -1.55. The molecule has 0 bridgehead atoms. The van der Waals surface area contributed by atoms with Crippen LogP contribution in [-0.4, -0.2) is 23.7 Å². The molecule has 2 atom stereocenters. The normalized spacial score (nSPS) is 22.8. The van der Waals surface area contributed by atoms with Crippen molar-refractivity contribution in [1.29, 1.82) is 0 Å². The van der Waals surface area contributed by atoms with Gasteiger partial charge in [0.05, 0.1) is 11.5 Å². The van der Waals surface area contributed by atoms with Crippen LogP contribution in [0, 0.1) is 5.92 Å². The Morgan fingerprint density at radius 2 is 2.00 bits per heavy atom. The van der Waals surface area contributed by atoms with Gasteiger partial charge in [-0.2, -0.15) is 0 Å². The molecular weight excluding hydrogens is 252 g/mol. The summed E-state index contributed by atoms with van der Waals surface area (Å²) in [6.07, 6.45) is 2.62. The van der Waals surface area contributed by atoms with E-state index in [1.54, 1.807) is 0 Å². The summed E-state index contributed by atoms with van der Waals surface area (Å²) in [6, 6.07) is 7.40. The molecule has 0 radical (unpaired) electrons. The molecule has 1 aliphatic carbocycles. The lowest BCUT2D eigenvalue weighted by molar-refractivity contribution is -0.126. The van der Waals surface area contributed by atoms with E-state index in [4.69, 9.17) is 5.73 Å². The highest BCUT2D eigenvalue weighted by molar-refractivity contribution is 5.87. The second-order valence-corrected chi connectivity index (χ2v) is 6.22. The van der Waals surface area contributed by atoms with Crippen molar-refractivity contribution in [1.82, 2.24) is 5.32 Å². The molecule has 1 saturated carbocycles. The molecule has 1 aromatic rings. The average Bonchev–Trinajstić information content (AvgIpc) is 2.82. The molecule has 4 heteroatoms. The highest BCUT2D eigenvalue weighted by Gasteiger charge is 2.31. The van der Waals surface area contributed by atoms with Crippen molar-refractivity contribution in [2.75, 3.05) is 12.3 Å². The third-order valence-electron chi connectivity index (χ3n) is 4.34. The molecule has 0 aromatic heterocycles. The highest BCUT2D eigenvalue weighted by Crippen LogP contribution is 2.27. The van der Waals surface area contributed by atoms with E-state index >= 15 is 0 Å². The zero-order valence-corrected chi connectivity index (χ0v) is 12.2. The number of aliphatic hydroxyl groups is 1. The van der Waals surface area contributed by atoms with Crippen LogP contribution in [-0.2, 0) is 10.2 Å². The molecule has 0 heterocycles. The van der Waals surface area contributed by atoms with Gasteiger partial charge in [0.15, 0.2) is 0 Å². The van der Waals surface area contributed by atoms with Gasteiger partial charge in [-0.1, -0.05) is 18.6 Å². The van der Waals surface area contributed by atoms with Crippen LogP contribution in [0.2, 0.25) is 0 Å². The minimum absolute atomic E-state index is 0.0126. The van der Waals surface area contributed by atoms with Crippen LogP contribution in [0.1, 0.15) is 38.7 Å². The summed E-state index contributed by atoms with van der Waals surface area (Å²) in [7, 11) is 0. The molecule has 1 amide bonds. The number of nitrogen functional groups attached to an aromatic ring is 1. The smallest absolute Gasteiger partial charge is 0.230 e. The predicted octanol–water partition coefficient (Wildman–Crippen LogP) is 1.82. The summed E-state index contributed by atoms with van der Waals surface area (Å²) in [6.45, 7) is 4.36. The molecule has 2 rings (SSSR count). The van der Waals surface area contributed by atoms with E-state index in [1.807, 2.05) is 38.1 Å². The number of aliphatic hydroxyl groups excluding tert-OH is 1. The van der Waals surface area contributed by atoms with Crippen LogP contribution in [0.3, 0.4) is 0 Å². The van der Waals surface area contributed by atoms with Crippen LogP contribution in [0.4, 0.5) is 5.69 Å². The number of hydrogen-bond donors (Lipinski definition) is 3. The summed E-state index contributed by atoms with van der Waals surface area (Å²) in [5, 5.41) is 12.8. The highest BCUT2D eigenvalue weighted by atomic mass is 16.3. The molecule has 1 aromatic carbocycles. The van der Waals surface area contributed by atoms with E-state index < -0.39 is 5.41 Å². The molecule has 4 N–H and O–H groups in total. The molecule has 1 fully saturated rings. The van der Waals surface area contributed by atoms with Crippen molar-refractivity contribution in [3.05, 3.63) is 29.8 Å². The fraction of sp³-hybridized carbons (Fsp3) is 0.562. The van der Waals surface area contributed by atoms with Crippen LogP contribution < -0.4 is 11.1 Å². The predicted molar refractivity (Wildman–Crippen MR) is 80.2 cm³/mol. The lowest BCUT2D eigenvalue weighted by Crippen LogP contribution is -2.43. The van der Waals surface area contributed by atoms with Crippen molar-refractivity contribution in [2.45, 2.75) is 44.6 Å². The van der Waals surface area contributed by atoms with Crippen LogP contribution in [0.15, 0.2) is 24.3 Å². The maximum Gasteiger partial charge on any atom is 0.230 e. The number of benzene rings is 1. The van der Waals surface area contributed by atoms with E-state index in [0.29, 0.717) is 12.2 Å². The SMILES string of the molecule is CC(C)(C(=O)NCC1CCCC1O)c1ccc(N)cc1. The zero-order chi connectivity index (χ0) is 14.8. The lowest BCUT2D eigenvalue weighted by atomic mass is 9.83. The Labute approximate surface area is 120 Å². The van der Waals surface area contributed by atoms with Gasteiger partial charge in [-0.25, -0.2) is 0 Å². The molecule has 0 aliphatic heterocycles. The van der Waals surface area contributed by atoms with E-state index in [9.17, 15) is 9.90 Å². The number of carbonyl (C=O) groups is 1. The van der Waals surface area contributed by atoms with Crippen molar-refractivity contribution in [2.24, 2.45) is 5.92 Å². The Morgan fingerprint density at radius 1 is 1.35 bits per heavy atom. The molecule has 1 aliphatic rings. The van der Waals surface area contributed by atoms with Gasteiger partial charge < -0.3 is 16.2 Å². The van der Waals surface area contributed by atoms with Crippen molar-refractivity contribution in [3.63, 3.8) is 0 Å². The first-order chi connectivity index (χ1) is 9.41. The number of nitrogens with two attached hydrogens (primary N) is 1. The van der Waals surface area contributed by atoms with Gasteiger partial charge in [-0.15, -0.1) is 0 Å². The van der Waals surface area contributed by atoms with Gasteiger partial charge in [-0.05, 0) is 44.4 Å². The van der Waals surface area contributed by atoms with E-state index in [-0.39, 0.29) is 17.9 Å². The third kappa shape index (κ3) is 3.12. The fourth-order valence-corrected chi connectivity index (χ4v) is 2.73. The first-order valence-corrected chi connectivity index (χ1v) is 7.23. The minimum atomic E-state index is -0.600. The Morgan fingerprint density at radius 3 is 2.55 bits per heavy atom. The van der Waals surface area contributed by atoms with Gasteiger partial charge >= 0.3 is 0 Å². The van der Waals surface area contributed by atoms with Crippen molar-refractivity contribution < 1.29 is 9.90 Å². The molecule has 110 valence electrons. The first kappa shape index (κ1) is 14.9. The first-order valence-electron chi connectivity index (χ1n) is 7.23. The summed E-state index contributed by atoms with van der Waals surface area (Å²) >= 11 is 0. The van der Waals surface area contributed by atoms with Gasteiger partial charge in [0.1, 0.15) is 0 Å². The van der Waals surface area contributed by atoms with Crippen LogP contribution in [0.5, 0.6) is 0 Å². The molecule has 0 saturated heterocycles. The topological polar surface area (TPSA) is 75.3 Å². The average molecular weight is 276 g/mol. The summed E-state index contributed by atoms with van der Waals surface area (Å²) in [4.78, 5) is 12.4. The van der Waals surface area contributed by atoms with E-state index in [0.717, 1.165) is 24.8 Å². The van der Waals surface area contributed by atoms with Crippen LogP contribution >= 0.6 is 0 Å². The molecule has 4 nitrogen and oxygen atoms in total. The largest absolute Gasteiger partial charge is 0.399 e. The summed E-state index contributed by atoms with van der Waals surface area (Å²) in [5.41, 5.74) is 6.71. The minimum Gasteiger partial charge on any atom is -0.399 e. The Bertz CT molecular complexity index is 468. The molecule has 20 heavy (non-hydrogen) atoms. The monoisotopic (exact) mass is 276 g/mol. The van der Waals surface area contributed by atoms with Crippen molar-refractivity contribution in [3.8, 4) is 0 Å². The number of hydrogen-bond acceptors (Lipinski definition) is 3. The van der Waals surface area contributed by atoms with E-state index in [1.165, 1.54) is 0 Å². The third-order valence-corrected chi connectivity index (χ3v) is 4.34. The number of carbonyl (C=O) groups excluding carboxylic acids is 1. The second kappa shape index (κ2) is 5.83. The Kier molecular flexibility index (Phi) is 4.33. The zero-order valence-electron chi connectivity index (χ0n) is 12.2.